The first-order valence-corrected chi connectivity index (χ1v) is 7.94. The Balaban J connectivity index is 1.69. The van der Waals surface area contributed by atoms with E-state index in [1.165, 1.54) is 18.4 Å². The van der Waals surface area contributed by atoms with Gasteiger partial charge in [-0.25, -0.2) is 0 Å². The molecule has 1 saturated heterocycles. The quantitative estimate of drug-likeness (QED) is 0.878. The van der Waals surface area contributed by atoms with Crippen molar-refractivity contribution in [3.63, 3.8) is 0 Å². The second-order valence-corrected chi connectivity index (χ2v) is 6.39. The highest BCUT2D eigenvalue weighted by atomic mass is 16.2. The highest BCUT2D eigenvalue weighted by Crippen LogP contribution is 2.40. The van der Waals surface area contributed by atoms with Gasteiger partial charge in [0.2, 0.25) is 5.91 Å². The maximum Gasteiger partial charge on any atom is 0.253 e. The SMILES string of the molecule is CNC1(C(N)=O)CCN(C(=O)c2cccc(C3CC3)c2)CC1. The van der Waals surface area contributed by atoms with Gasteiger partial charge in [-0.2, -0.15) is 0 Å². The molecule has 1 aromatic carbocycles. The zero-order valence-electron chi connectivity index (χ0n) is 13.0. The average molecular weight is 301 g/mol. The van der Waals surface area contributed by atoms with Crippen molar-refractivity contribution in [1.29, 1.82) is 0 Å². The minimum absolute atomic E-state index is 0.0525. The Kier molecular flexibility index (Phi) is 3.91. The number of rotatable bonds is 4. The van der Waals surface area contributed by atoms with E-state index in [9.17, 15) is 9.59 Å². The highest BCUT2D eigenvalue weighted by molar-refractivity contribution is 5.95. The van der Waals surface area contributed by atoms with Crippen molar-refractivity contribution in [1.82, 2.24) is 10.2 Å². The van der Waals surface area contributed by atoms with E-state index in [1.807, 2.05) is 23.1 Å². The van der Waals surface area contributed by atoms with Gasteiger partial charge in [-0.1, -0.05) is 12.1 Å². The molecule has 1 aliphatic carbocycles. The smallest absolute Gasteiger partial charge is 0.253 e. The molecule has 0 radical (unpaired) electrons. The summed E-state index contributed by atoms with van der Waals surface area (Å²) in [5.74, 6) is 0.357. The van der Waals surface area contributed by atoms with E-state index in [2.05, 4.69) is 11.4 Å². The van der Waals surface area contributed by atoms with Crippen LogP contribution in [0.2, 0.25) is 0 Å². The molecular formula is C17H23N3O2. The van der Waals surface area contributed by atoms with Crippen LogP contribution in [0.25, 0.3) is 0 Å². The van der Waals surface area contributed by atoms with Crippen LogP contribution in [0.4, 0.5) is 0 Å². The first-order valence-electron chi connectivity index (χ1n) is 7.94. The summed E-state index contributed by atoms with van der Waals surface area (Å²) in [4.78, 5) is 26.1. The van der Waals surface area contributed by atoms with Crippen molar-refractivity contribution >= 4 is 11.8 Å². The molecule has 2 fully saturated rings. The molecule has 0 aromatic heterocycles. The zero-order chi connectivity index (χ0) is 15.7. The van der Waals surface area contributed by atoms with E-state index in [0.29, 0.717) is 31.8 Å². The summed E-state index contributed by atoms with van der Waals surface area (Å²) in [7, 11) is 1.75. The molecule has 1 aliphatic heterocycles. The van der Waals surface area contributed by atoms with Crippen LogP contribution in [-0.2, 0) is 4.79 Å². The lowest BCUT2D eigenvalue weighted by atomic mass is 9.86. The van der Waals surface area contributed by atoms with Crippen molar-refractivity contribution < 1.29 is 9.59 Å². The van der Waals surface area contributed by atoms with Crippen molar-refractivity contribution in [2.45, 2.75) is 37.1 Å². The van der Waals surface area contributed by atoms with E-state index >= 15 is 0 Å². The summed E-state index contributed by atoms with van der Waals surface area (Å²) in [6.45, 7) is 1.10. The summed E-state index contributed by atoms with van der Waals surface area (Å²) >= 11 is 0. The number of nitrogens with two attached hydrogens (primary N) is 1. The Morgan fingerprint density at radius 3 is 2.50 bits per heavy atom. The third-order valence-corrected chi connectivity index (χ3v) is 5.04. The Labute approximate surface area is 130 Å². The van der Waals surface area contributed by atoms with Gasteiger partial charge in [0.1, 0.15) is 5.54 Å². The largest absolute Gasteiger partial charge is 0.368 e. The molecule has 5 nitrogen and oxygen atoms in total. The van der Waals surface area contributed by atoms with Crippen molar-refractivity contribution in [3.05, 3.63) is 35.4 Å². The third kappa shape index (κ3) is 2.73. The average Bonchev–Trinajstić information content (AvgIpc) is 3.39. The number of carbonyl (C=O) groups is 2. The third-order valence-electron chi connectivity index (χ3n) is 5.04. The zero-order valence-corrected chi connectivity index (χ0v) is 13.0. The summed E-state index contributed by atoms with van der Waals surface area (Å²) in [6, 6.07) is 7.96. The molecule has 1 aromatic rings. The second-order valence-electron chi connectivity index (χ2n) is 6.39. The van der Waals surface area contributed by atoms with Crippen molar-refractivity contribution in [2.24, 2.45) is 5.73 Å². The number of piperidine rings is 1. The van der Waals surface area contributed by atoms with E-state index in [4.69, 9.17) is 5.73 Å². The number of hydrogen-bond donors (Lipinski definition) is 2. The first-order chi connectivity index (χ1) is 10.6. The van der Waals surface area contributed by atoms with Crippen LogP contribution in [0.5, 0.6) is 0 Å². The molecule has 118 valence electrons. The van der Waals surface area contributed by atoms with Gasteiger partial charge in [0.15, 0.2) is 0 Å². The highest BCUT2D eigenvalue weighted by Gasteiger charge is 2.39. The summed E-state index contributed by atoms with van der Waals surface area (Å²) in [5.41, 5.74) is 6.85. The number of benzene rings is 1. The van der Waals surface area contributed by atoms with Crippen molar-refractivity contribution in [2.75, 3.05) is 20.1 Å². The molecule has 3 N–H and O–H groups in total. The van der Waals surface area contributed by atoms with Crippen LogP contribution >= 0.6 is 0 Å². The minimum atomic E-state index is -0.674. The fourth-order valence-electron chi connectivity index (χ4n) is 3.24. The van der Waals surface area contributed by atoms with Gasteiger partial charge in [-0.3, -0.25) is 9.59 Å². The monoisotopic (exact) mass is 301 g/mol. The summed E-state index contributed by atoms with van der Waals surface area (Å²) < 4.78 is 0. The first kappa shape index (κ1) is 15.0. The lowest BCUT2D eigenvalue weighted by Crippen LogP contribution is -2.60. The second kappa shape index (κ2) is 5.72. The Bertz CT molecular complexity index is 587. The van der Waals surface area contributed by atoms with Gasteiger partial charge in [0.05, 0.1) is 0 Å². The summed E-state index contributed by atoms with van der Waals surface area (Å²) in [5, 5.41) is 3.04. The maximum absolute atomic E-state index is 12.7. The molecule has 2 amide bonds. The van der Waals surface area contributed by atoms with Gasteiger partial charge >= 0.3 is 0 Å². The van der Waals surface area contributed by atoms with Crippen LogP contribution in [0.15, 0.2) is 24.3 Å². The summed E-state index contributed by atoms with van der Waals surface area (Å²) in [6.07, 6.45) is 3.58. The molecule has 22 heavy (non-hydrogen) atoms. The van der Waals surface area contributed by atoms with Gasteiger partial charge in [-0.15, -0.1) is 0 Å². The van der Waals surface area contributed by atoms with Gasteiger partial charge < -0.3 is 16.0 Å². The maximum atomic E-state index is 12.7. The van der Waals surface area contributed by atoms with Crippen LogP contribution in [0.1, 0.15) is 47.5 Å². The molecule has 1 heterocycles. The van der Waals surface area contributed by atoms with Gasteiger partial charge in [0, 0.05) is 18.7 Å². The molecule has 5 heteroatoms. The number of likely N-dealkylation sites (tertiary alicyclic amines) is 1. The van der Waals surface area contributed by atoms with E-state index < -0.39 is 5.54 Å². The van der Waals surface area contributed by atoms with Gasteiger partial charge in [0.25, 0.3) is 5.91 Å². The lowest BCUT2D eigenvalue weighted by Gasteiger charge is -2.39. The van der Waals surface area contributed by atoms with E-state index in [0.717, 1.165) is 5.56 Å². The van der Waals surface area contributed by atoms with Crippen LogP contribution < -0.4 is 11.1 Å². The molecule has 0 bridgehead atoms. The number of amides is 2. The minimum Gasteiger partial charge on any atom is -0.368 e. The number of nitrogens with zero attached hydrogens (tertiary/aromatic N) is 1. The van der Waals surface area contributed by atoms with E-state index in [1.54, 1.807) is 7.05 Å². The fourth-order valence-corrected chi connectivity index (χ4v) is 3.24. The standard InChI is InChI=1S/C17H23N3O2/c1-19-17(16(18)22)7-9-20(10-8-17)15(21)14-4-2-3-13(11-14)12-5-6-12/h2-4,11-12,19H,5-10H2,1H3,(H2,18,22). The molecule has 0 spiro atoms. The van der Waals surface area contributed by atoms with Gasteiger partial charge in [-0.05, 0) is 56.3 Å². The van der Waals surface area contributed by atoms with Crippen molar-refractivity contribution in [3.8, 4) is 0 Å². The number of hydrogen-bond acceptors (Lipinski definition) is 3. The molecule has 1 saturated carbocycles. The molecule has 2 aliphatic rings. The predicted octanol–water partition coefficient (Wildman–Crippen LogP) is 1.24. The lowest BCUT2D eigenvalue weighted by molar-refractivity contribution is -0.125. The van der Waals surface area contributed by atoms with E-state index in [-0.39, 0.29) is 11.8 Å². The number of carbonyl (C=O) groups excluding carboxylic acids is 2. The molecule has 0 unspecified atom stereocenters. The number of likely N-dealkylation sites (N-methyl/N-ethyl adjacent to an activating group) is 1. The Morgan fingerprint density at radius 2 is 1.95 bits per heavy atom. The number of nitrogens with one attached hydrogen (secondary N) is 1. The molecule has 0 atom stereocenters. The number of primary amides is 1. The fraction of sp³-hybridized carbons (Fsp3) is 0.529. The Hall–Kier alpha value is -1.88. The topological polar surface area (TPSA) is 75.4 Å². The molecular weight excluding hydrogens is 278 g/mol. The Morgan fingerprint density at radius 1 is 1.27 bits per heavy atom. The van der Waals surface area contributed by atoms with Crippen LogP contribution in [0.3, 0.4) is 0 Å². The van der Waals surface area contributed by atoms with Crippen LogP contribution in [0, 0.1) is 0 Å². The van der Waals surface area contributed by atoms with Crippen LogP contribution in [-0.4, -0.2) is 42.4 Å². The predicted molar refractivity (Wildman–Crippen MR) is 84.5 cm³/mol. The molecule has 3 rings (SSSR count). The normalized spacial score (nSPS) is 20.7.